The molecule has 0 radical (unpaired) electrons. The van der Waals surface area contributed by atoms with E-state index in [0.717, 1.165) is 0 Å². The van der Waals surface area contributed by atoms with Crippen LogP contribution in [0.2, 0.25) is 0 Å². The smallest absolute Gasteiger partial charge is 0.409 e. The minimum atomic E-state index is -0.297. The fourth-order valence-corrected chi connectivity index (χ4v) is 2.89. The molecule has 2 aliphatic rings. The molecule has 1 aromatic rings. The predicted octanol–water partition coefficient (Wildman–Crippen LogP) is 1.52. The first-order valence-electron chi connectivity index (χ1n) is 8.44. The second-order valence-electron chi connectivity index (χ2n) is 5.96. The number of ether oxygens (including phenoxy) is 3. The molecule has 1 aromatic carbocycles. The van der Waals surface area contributed by atoms with Crippen molar-refractivity contribution in [2.24, 2.45) is 0 Å². The topological polar surface area (TPSA) is 80.3 Å². The fraction of sp³-hybridized carbons (Fsp3) is 0.529. The number of rotatable bonds is 4. The Hall–Kier alpha value is -2.48. The minimum absolute atomic E-state index is 0.0940. The number of carbonyl (C=O) groups is 2. The van der Waals surface area contributed by atoms with Gasteiger partial charge in [0.05, 0.1) is 12.6 Å². The van der Waals surface area contributed by atoms with E-state index in [1.165, 1.54) is 0 Å². The zero-order chi connectivity index (χ0) is 17.8. The molecule has 0 unspecified atom stereocenters. The zero-order valence-electron chi connectivity index (χ0n) is 14.5. The van der Waals surface area contributed by atoms with Gasteiger partial charge in [0.1, 0.15) is 0 Å². The molecule has 0 bridgehead atoms. The Morgan fingerprint density at radius 3 is 2.64 bits per heavy atom. The molecule has 2 aliphatic heterocycles. The minimum Gasteiger partial charge on any atom is -0.454 e. The highest BCUT2D eigenvalue weighted by atomic mass is 16.7. The first kappa shape index (κ1) is 17.3. The maximum atomic E-state index is 12.5. The van der Waals surface area contributed by atoms with Gasteiger partial charge in [0, 0.05) is 37.9 Å². The van der Waals surface area contributed by atoms with Crippen molar-refractivity contribution in [2.75, 3.05) is 44.9 Å². The summed E-state index contributed by atoms with van der Waals surface area (Å²) in [6, 6.07) is 5.03. The average molecular weight is 349 g/mol. The van der Waals surface area contributed by atoms with Gasteiger partial charge in [-0.05, 0) is 26.0 Å². The summed E-state index contributed by atoms with van der Waals surface area (Å²) in [4.78, 5) is 27.9. The third kappa shape index (κ3) is 3.96. The summed E-state index contributed by atoms with van der Waals surface area (Å²) in [5.41, 5.74) is 0.672. The van der Waals surface area contributed by atoms with Gasteiger partial charge in [-0.2, -0.15) is 0 Å². The number of hydrogen-bond donors (Lipinski definition) is 1. The van der Waals surface area contributed by atoms with Gasteiger partial charge in [-0.15, -0.1) is 0 Å². The third-order valence-electron chi connectivity index (χ3n) is 4.41. The van der Waals surface area contributed by atoms with Gasteiger partial charge >= 0.3 is 6.09 Å². The number of benzene rings is 1. The maximum absolute atomic E-state index is 12.5. The Morgan fingerprint density at radius 1 is 1.20 bits per heavy atom. The lowest BCUT2D eigenvalue weighted by Crippen LogP contribution is -2.54. The normalized spacial score (nSPS) is 17.9. The van der Waals surface area contributed by atoms with Gasteiger partial charge in [-0.1, -0.05) is 0 Å². The van der Waals surface area contributed by atoms with E-state index >= 15 is 0 Å². The first-order valence-corrected chi connectivity index (χ1v) is 8.44. The second kappa shape index (κ2) is 7.60. The quantitative estimate of drug-likeness (QED) is 0.888. The van der Waals surface area contributed by atoms with Gasteiger partial charge in [0.2, 0.25) is 12.7 Å². The fourth-order valence-electron chi connectivity index (χ4n) is 2.89. The number of piperazine rings is 1. The summed E-state index contributed by atoms with van der Waals surface area (Å²) >= 11 is 0. The summed E-state index contributed by atoms with van der Waals surface area (Å²) in [6.45, 7) is 6.60. The van der Waals surface area contributed by atoms with Crippen molar-refractivity contribution in [2.45, 2.75) is 19.9 Å². The number of amides is 2. The standard InChI is InChI=1S/C17H23N3O5/c1-3-23-17(22)20-8-6-19(7-9-20)12(2)16(21)18-13-4-5-14-15(10-13)25-11-24-14/h4-5,10,12H,3,6-9,11H2,1-2H3,(H,18,21)/t12-/m1/s1. The zero-order valence-corrected chi connectivity index (χ0v) is 14.5. The van der Waals surface area contributed by atoms with E-state index in [0.29, 0.717) is 50.0 Å². The van der Waals surface area contributed by atoms with Crippen molar-refractivity contribution in [1.82, 2.24) is 9.80 Å². The summed E-state index contributed by atoms with van der Waals surface area (Å²) in [5.74, 6) is 1.22. The van der Waals surface area contributed by atoms with Crippen molar-refractivity contribution in [1.29, 1.82) is 0 Å². The Morgan fingerprint density at radius 2 is 1.92 bits per heavy atom. The summed E-state index contributed by atoms with van der Waals surface area (Å²) in [5, 5.41) is 2.90. The Balaban J connectivity index is 1.52. The molecule has 25 heavy (non-hydrogen) atoms. The lowest BCUT2D eigenvalue weighted by Gasteiger charge is -2.36. The molecule has 1 saturated heterocycles. The maximum Gasteiger partial charge on any atom is 0.409 e. The van der Waals surface area contributed by atoms with Crippen LogP contribution in [0.5, 0.6) is 11.5 Å². The van der Waals surface area contributed by atoms with E-state index in [4.69, 9.17) is 14.2 Å². The molecule has 8 nitrogen and oxygen atoms in total. The predicted molar refractivity (Wildman–Crippen MR) is 90.8 cm³/mol. The van der Waals surface area contributed by atoms with Gasteiger partial charge in [0.15, 0.2) is 11.5 Å². The number of hydrogen-bond acceptors (Lipinski definition) is 6. The molecule has 0 aliphatic carbocycles. The van der Waals surface area contributed by atoms with Gasteiger partial charge in [-0.25, -0.2) is 4.79 Å². The van der Waals surface area contributed by atoms with E-state index in [-0.39, 0.29) is 24.8 Å². The van der Waals surface area contributed by atoms with Crippen molar-refractivity contribution in [3.05, 3.63) is 18.2 Å². The van der Waals surface area contributed by atoms with E-state index in [1.54, 1.807) is 30.0 Å². The third-order valence-corrected chi connectivity index (χ3v) is 4.41. The van der Waals surface area contributed by atoms with Crippen molar-refractivity contribution in [3.8, 4) is 11.5 Å². The number of carbonyl (C=O) groups excluding carboxylic acids is 2. The molecular weight excluding hydrogens is 326 g/mol. The molecule has 0 spiro atoms. The molecular formula is C17H23N3O5. The van der Waals surface area contributed by atoms with E-state index in [1.807, 2.05) is 6.92 Å². The summed E-state index contributed by atoms with van der Waals surface area (Å²) < 4.78 is 15.6. The first-order chi connectivity index (χ1) is 12.1. The molecule has 0 aromatic heterocycles. The Bertz CT molecular complexity index is 643. The lowest BCUT2D eigenvalue weighted by atomic mass is 10.2. The number of fused-ring (bicyclic) bond motifs is 1. The molecule has 2 amide bonds. The van der Waals surface area contributed by atoms with Crippen LogP contribution in [-0.2, 0) is 9.53 Å². The molecule has 1 atom stereocenters. The van der Waals surface area contributed by atoms with Crippen LogP contribution in [0.15, 0.2) is 18.2 Å². The van der Waals surface area contributed by atoms with Crippen LogP contribution < -0.4 is 14.8 Å². The number of nitrogens with one attached hydrogen (secondary N) is 1. The molecule has 8 heteroatoms. The highest BCUT2D eigenvalue weighted by Gasteiger charge is 2.28. The van der Waals surface area contributed by atoms with Crippen LogP contribution in [0.3, 0.4) is 0 Å². The molecule has 2 heterocycles. The second-order valence-corrected chi connectivity index (χ2v) is 5.96. The van der Waals surface area contributed by atoms with E-state index in [2.05, 4.69) is 10.2 Å². The van der Waals surface area contributed by atoms with E-state index in [9.17, 15) is 9.59 Å². The Kier molecular flexibility index (Phi) is 5.28. The highest BCUT2D eigenvalue weighted by molar-refractivity contribution is 5.94. The van der Waals surface area contributed by atoms with Gasteiger partial charge in [-0.3, -0.25) is 9.69 Å². The number of anilines is 1. The van der Waals surface area contributed by atoms with Crippen LogP contribution in [0.25, 0.3) is 0 Å². The van der Waals surface area contributed by atoms with Crippen LogP contribution in [0.4, 0.5) is 10.5 Å². The van der Waals surface area contributed by atoms with Crippen LogP contribution in [-0.4, -0.2) is 67.4 Å². The van der Waals surface area contributed by atoms with E-state index < -0.39 is 0 Å². The monoisotopic (exact) mass is 349 g/mol. The molecule has 1 N–H and O–H groups in total. The summed E-state index contributed by atoms with van der Waals surface area (Å²) in [6.07, 6.45) is -0.292. The van der Waals surface area contributed by atoms with Gasteiger partial charge in [0.25, 0.3) is 0 Å². The lowest BCUT2D eigenvalue weighted by molar-refractivity contribution is -0.121. The SMILES string of the molecule is CCOC(=O)N1CCN([C@H](C)C(=O)Nc2ccc3c(c2)OCO3)CC1. The van der Waals surface area contributed by atoms with Crippen LogP contribution >= 0.6 is 0 Å². The molecule has 3 rings (SSSR count). The largest absolute Gasteiger partial charge is 0.454 e. The summed E-state index contributed by atoms with van der Waals surface area (Å²) in [7, 11) is 0. The number of nitrogens with zero attached hydrogens (tertiary/aromatic N) is 2. The average Bonchev–Trinajstić information content (AvgIpc) is 3.09. The van der Waals surface area contributed by atoms with Crippen LogP contribution in [0, 0.1) is 0 Å². The van der Waals surface area contributed by atoms with Crippen molar-refractivity contribution < 1.29 is 23.8 Å². The van der Waals surface area contributed by atoms with Gasteiger partial charge < -0.3 is 24.4 Å². The Labute approximate surface area is 146 Å². The highest BCUT2D eigenvalue weighted by Crippen LogP contribution is 2.34. The van der Waals surface area contributed by atoms with Crippen LogP contribution in [0.1, 0.15) is 13.8 Å². The van der Waals surface area contributed by atoms with Crippen molar-refractivity contribution in [3.63, 3.8) is 0 Å². The molecule has 136 valence electrons. The molecule has 1 fully saturated rings. The van der Waals surface area contributed by atoms with Crippen molar-refractivity contribution >= 4 is 17.7 Å². The molecule has 0 saturated carbocycles.